The fourth-order valence-electron chi connectivity index (χ4n) is 1.48. The van der Waals surface area contributed by atoms with Gasteiger partial charge >= 0.3 is 0 Å². The zero-order chi connectivity index (χ0) is 11.5. The van der Waals surface area contributed by atoms with E-state index >= 15 is 0 Å². The van der Waals surface area contributed by atoms with Gasteiger partial charge in [0.25, 0.3) is 0 Å². The Morgan fingerprint density at radius 3 is 2.62 bits per heavy atom. The van der Waals surface area contributed by atoms with Crippen LogP contribution in [-0.2, 0) is 0 Å². The maximum absolute atomic E-state index is 6.03. The van der Waals surface area contributed by atoms with Gasteiger partial charge in [0.1, 0.15) is 10.9 Å². The molecular formula is C12H9Cl2NO. The first-order valence-electron chi connectivity index (χ1n) is 4.67. The van der Waals surface area contributed by atoms with Gasteiger partial charge in [0, 0.05) is 22.3 Å². The zero-order valence-corrected chi connectivity index (χ0v) is 10.1. The summed E-state index contributed by atoms with van der Waals surface area (Å²) in [4.78, 5) is 4.03. The second-order valence-corrected chi connectivity index (χ2v) is 3.98. The molecule has 0 radical (unpaired) electrons. The van der Waals surface area contributed by atoms with Crippen molar-refractivity contribution in [1.82, 2.24) is 4.98 Å². The Morgan fingerprint density at radius 2 is 1.94 bits per heavy atom. The van der Waals surface area contributed by atoms with Crippen molar-refractivity contribution in [3.05, 3.63) is 46.7 Å². The average molecular weight is 254 g/mol. The summed E-state index contributed by atoms with van der Waals surface area (Å²) in [6, 6.07) is 9.09. The minimum atomic E-state index is 0.433. The van der Waals surface area contributed by atoms with E-state index in [4.69, 9.17) is 27.9 Å². The van der Waals surface area contributed by atoms with Crippen LogP contribution in [0.25, 0.3) is 11.1 Å². The lowest BCUT2D eigenvalue weighted by molar-refractivity contribution is 0.416. The molecule has 0 saturated carbocycles. The summed E-state index contributed by atoms with van der Waals surface area (Å²) in [5.74, 6) is 0.722. The van der Waals surface area contributed by atoms with Crippen LogP contribution in [0.2, 0.25) is 10.2 Å². The number of rotatable bonds is 2. The smallest absolute Gasteiger partial charge is 0.136 e. The highest BCUT2D eigenvalue weighted by Gasteiger charge is 2.10. The minimum Gasteiger partial charge on any atom is -0.496 e. The maximum atomic E-state index is 6.03. The predicted octanol–water partition coefficient (Wildman–Crippen LogP) is 4.06. The predicted molar refractivity (Wildman–Crippen MR) is 66.2 cm³/mol. The second kappa shape index (κ2) is 4.73. The third-order valence-electron chi connectivity index (χ3n) is 2.21. The molecular weight excluding hydrogens is 245 g/mol. The number of nitrogens with zero attached hydrogens (tertiary/aromatic N) is 1. The normalized spacial score (nSPS) is 10.2. The molecule has 1 aromatic heterocycles. The van der Waals surface area contributed by atoms with Crippen LogP contribution in [0.5, 0.6) is 5.75 Å². The number of methoxy groups -OCH3 is 1. The standard InChI is InChI=1S/C12H9Cl2NO/c1-16-11-5-4-8(13)7-10(11)9-3-2-6-15-12(9)14/h2-7H,1H3. The van der Waals surface area contributed by atoms with Gasteiger partial charge in [0.05, 0.1) is 7.11 Å². The monoisotopic (exact) mass is 253 g/mol. The summed E-state index contributed by atoms with van der Waals surface area (Å²) >= 11 is 12.0. The van der Waals surface area contributed by atoms with Crippen molar-refractivity contribution >= 4 is 23.2 Å². The van der Waals surface area contributed by atoms with E-state index < -0.39 is 0 Å². The zero-order valence-electron chi connectivity index (χ0n) is 8.58. The molecule has 82 valence electrons. The molecule has 2 rings (SSSR count). The molecule has 1 aromatic carbocycles. The lowest BCUT2D eigenvalue weighted by Crippen LogP contribution is -1.89. The lowest BCUT2D eigenvalue weighted by atomic mass is 10.1. The van der Waals surface area contributed by atoms with Crippen molar-refractivity contribution < 1.29 is 4.74 Å². The molecule has 0 amide bonds. The van der Waals surface area contributed by atoms with Crippen LogP contribution >= 0.6 is 23.2 Å². The number of ether oxygens (including phenoxy) is 1. The summed E-state index contributed by atoms with van der Waals surface area (Å²) in [6.07, 6.45) is 1.64. The maximum Gasteiger partial charge on any atom is 0.136 e. The molecule has 2 nitrogen and oxygen atoms in total. The van der Waals surface area contributed by atoms with Crippen molar-refractivity contribution in [3.8, 4) is 16.9 Å². The van der Waals surface area contributed by atoms with E-state index in [9.17, 15) is 0 Å². The fraction of sp³-hybridized carbons (Fsp3) is 0.0833. The van der Waals surface area contributed by atoms with E-state index in [2.05, 4.69) is 4.98 Å². The van der Waals surface area contributed by atoms with Crippen molar-refractivity contribution in [1.29, 1.82) is 0 Å². The van der Waals surface area contributed by atoms with Crippen LogP contribution in [0.4, 0.5) is 0 Å². The van der Waals surface area contributed by atoms with Crippen molar-refractivity contribution in [2.75, 3.05) is 7.11 Å². The summed E-state index contributed by atoms with van der Waals surface area (Å²) in [7, 11) is 1.61. The van der Waals surface area contributed by atoms with Crippen LogP contribution < -0.4 is 4.74 Å². The third kappa shape index (κ3) is 2.13. The number of hydrogen-bond donors (Lipinski definition) is 0. The van der Waals surface area contributed by atoms with Crippen LogP contribution in [-0.4, -0.2) is 12.1 Å². The van der Waals surface area contributed by atoms with Crippen LogP contribution in [0.3, 0.4) is 0 Å². The van der Waals surface area contributed by atoms with Crippen LogP contribution in [0.15, 0.2) is 36.5 Å². The van der Waals surface area contributed by atoms with E-state index in [-0.39, 0.29) is 0 Å². The van der Waals surface area contributed by atoms with E-state index in [1.165, 1.54) is 0 Å². The molecule has 0 bridgehead atoms. The molecule has 4 heteroatoms. The van der Waals surface area contributed by atoms with Crippen LogP contribution in [0, 0.1) is 0 Å². The minimum absolute atomic E-state index is 0.433. The van der Waals surface area contributed by atoms with Gasteiger partial charge in [-0.2, -0.15) is 0 Å². The Labute approximate surface area is 104 Å². The largest absolute Gasteiger partial charge is 0.496 e. The quantitative estimate of drug-likeness (QED) is 0.754. The highest BCUT2D eigenvalue weighted by Crippen LogP contribution is 2.35. The number of pyridine rings is 1. The van der Waals surface area contributed by atoms with Gasteiger partial charge in [-0.05, 0) is 30.3 Å². The molecule has 0 unspecified atom stereocenters. The summed E-state index contributed by atoms with van der Waals surface area (Å²) in [5.41, 5.74) is 1.65. The number of benzene rings is 1. The molecule has 0 N–H and O–H groups in total. The van der Waals surface area contributed by atoms with Gasteiger partial charge in [-0.15, -0.1) is 0 Å². The van der Waals surface area contributed by atoms with Crippen LogP contribution in [0.1, 0.15) is 0 Å². The topological polar surface area (TPSA) is 22.1 Å². The lowest BCUT2D eigenvalue weighted by Gasteiger charge is -2.09. The van der Waals surface area contributed by atoms with E-state index in [0.29, 0.717) is 10.2 Å². The van der Waals surface area contributed by atoms with Crippen molar-refractivity contribution in [2.24, 2.45) is 0 Å². The van der Waals surface area contributed by atoms with E-state index in [0.717, 1.165) is 16.9 Å². The molecule has 0 aliphatic heterocycles. The molecule has 1 heterocycles. The Morgan fingerprint density at radius 1 is 1.12 bits per heavy atom. The SMILES string of the molecule is COc1ccc(Cl)cc1-c1cccnc1Cl. The van der Waals surface area contributed by atoms with Crippen molar-refractivity contribution in [2.45, 2.75) is 0 Å². The molecule has 16 heavy (non-hydrogen) atoms. The molecule has 0 aliphatic rings. The number of hydrogen-bond acceptors (Lipinski definition) is 2. The Hall–Kier alpha value is -1.25. The summed E-state index contributed by atoms with van der Waals surface area (Å²) < 4.78 is 5.26. The van der Waals surface area contributed by atoms with Gasteiger partial charge in [-0.25, -0.2) is 4.98 Å². The summed E-state index contributed by atoms with van der Waals surface area (Å²) in [6.45, 7) is 0. The van der Waals surface area contributed by atoms with Gasteiger partial charge < -0.3 is 4.74 Å². The first kappa shape index (κ1) is 11.2. The fourth-order valence-corrected chi connectivity index (χ4v) is 1.87. The average Bonchev–Trinajstić information content (AvgIpc) is 2.29. The first-order valence-corrected chi connectivity index (χ1v) is 5.42. The Kier molecular flexibility index (Phi) is 3.32. The Balaban J connectivity index is 2.63. The Bertz CT molecular complexity index is 514. The molecule has 0 fully saturated rings. The third-order valence-corrected chi connectivity index (χ3v) is 2.75. The van der Waals surface area contributed by atoms with Gasteiger partial charge in [0.15, 0.2) is 0 Å². The molecule has 0 aliphatic carbocycles. The molecule has 0 atom stereocenters. The van der Waals surface area contributed by atoms with E-state index in [1.54, 1.807) is 25.4 Å². The van der Waals surface area contributed by atoms with Gasteiger partial charge in [-0.1, -0.05) is 23.2 Å². The number of aromatic nitrogens is 1. The second-order valence-electron chi connectivity index (χ2n) is 3.19. The number of halogens is 2. The highest BCUT2D eigenvalue weighted by molar-refractivity contribution is 6.33. The first-order chi connectivity index (χ1) is 7.72. The van der Waals surface area contributed by atoms with E-state index in [1.807, 2.05) is 18.2 Å². The highest BCUT2D eigenvalue weighted by atomic mass is 35.5. The summed E-state index contributed by atoms with van der Waals surface area (Å²) in [5, 5.41) is 1.07. The molecule has 0 spiro atoms. The van der Waals surface area contributed by atoms with Gasteiger partial charge in [0.2, 0.25) is 0 Å². The molecule has 0 saturated heterocycles. The molecule has 2 aromatic rings. The van der Waals surface area contributed by atoms with Gasteiger partial charge in [-0.3, -0.25) is 0 Å². The van der Waals surface area contributed by atoms with Crippen molar-refractivity contribution in [3.63, 3.8) is 0 Å².